The molecule has 2 aromatic carbocycles. The molecule has 0 spiro atoms. The van der Waals surface area contributed by atoms with E-state index in [1.165, 1.54) is 12.1 Å². The fourth-order valence-corrected chi connectivity index (χ4v) is 2.61. The van der Waals surface area contributed by atoms with Gasteiger partial charge in [0, 0.05) is 5.69 Å². The second-order valence-electron chi connectivity index (χ2n) is 5.96. The van der Waals surface area contributed by atoms with E-state index in [0.717, 1.165) is 5.56 Å². The number of carbonyl (C=O) groups is 2. The topological polar surface area (TPSA) is 55.4 Å². The fourth-order valence-electron chi connectivity index (χ4n) is 2.61. The van der Waals surface area contributed by atoms with Gasteiger partial charge in [0.2, 0.25) is 5.91 Å². The Morgan fingerprint density at radius 3 is 2.28 bits per heavy atom. The molecule has 0 aliphatic rings. The van der Waals surface area contributed by atoms with Crippen molar-refractivity contribution in [3.05, 3.63) is 65.0 Å². The molecule has 0 saturated heterocycles. The molecular weight excluding hydrogens is 321 g/mol. The standard InChI is InChI=1S/C20H22FNO3/c1-4-17(20(24)25-12-15-8-6-5-7-9-15)19(23)22-18-13(2)10-16(21)11-14(18)3/h5-11,17H,4,12H2,1-3H3,(H,22,23). The largest absolute Gasteiger partial charge is 0.460 e. The van der Waals surface area contributed by atoms with Crippen LogP contribution in [0.3, 0.4) is 0 Å². The van der Waals surface area contributed by atoms with Crippen LogP contribution in [0.15, 0.2) is 42.5 Å². The summed E-state index contributed by atoms with van der Waals surface area (Å²) in [6, 6.07) is 12.0. The number of aryl methyl sites for hydroxylation is 2. The number of ether oxygens (including phenoxy) is 1. The predicted molar refractivity (Wildman–Crippen MR) is 94.5 cm³/mol. The van der Waals surface area contributed by atoms with Crippen LogP contribution in [0.2, 0.25) is 0 Å². The Balaban J connectivity index is 2.04. The van der Waals surface area contributed by atoms with Gasteiger partial charge < -0.3 is 10.1 Å². The van der Waals surface area contributed by atoms with Crippen molar-refractivity contribution in [3.63, 3.8) is 0 Å². The van der Waals surface area contributed by atoms with Gasteiger partial charge in [-0.3, -0.25) is 9.59 Å². The highest BCUT2D eigenvalue weighted by molar-refractivity contribution is 6.05. The molecule has 0 aliphatic heterocycles. The van der Waals surface area contributed by atoms with Crippen LogP contribution in [0.5, 0.6) is 0 Å². The Kier molecular flexibility index (Phi) is 6.28. The molecular formula is C20H22FNO3. The van der Waals surface area contributed by atoms with Crippen LogP contribution in [-0.4, -0.2) is 11.9 Å². The van der Waals surface area contributed by atoms with Crippen molar-refractivity contribution in [2.45, 2.75) is 33.8 Å². The van der Waals surface area contributed by atoms with Gasteiger partial charge >= 0.3 is 5.97 Å². The van der Waals surface area contributed by atoms with Gasteiger partial charge in [-0.2, -0.15) is 0 Å². The molecule has 1 atom stereocenters. The van der Waals surface area contributed by atoms with Crippen molar-refractivity contribution in [1.29, 1.82) is 0 Å². The van der Waals surface area contributed by atoms with Gasteiger partial charge in [0.25, 0.3) is 0 Å². The zero-order valence-electron chi connectivity index (χ0n) is 14.6. The molecule has 1 N–H and O–H groups in total. The van der Waals surface area contributed by atoms with Crippen LogP contribution in [0.25, 0.3) is 0 Å². The summed E-state index contributed by atoms with van der Waals surface area (Å²) in [7, 11) is 0. The predicted octanol–water partition coefficient (Wildman–Crippen LogP) is 4.15. The highest BCUT2D eigenvalue weighted by Gasteiger charge is 2.27. The molecule has 2 rings (SSSR count). The van der Waals surface area contributed by atoms with Crippen LogP contribution in [0.1, 0.15) is 30.0 Å². The monoisotopic (exact) mass is 343 g/mol. The number of benzene rings is 2. The summed E-state index contributed by atoms with van der Waals surface area (Å²) in [4.78, 5) is 24.7. The number of anilines is 1. The minimum atomic E-state index is -0.910. The molecule has 25 heavy (non-hydrogen) atoms. The first kappa shape index (κ1) is 18.6. The van der Waals surface area contributed by atoms with Gasteiger partial charge in [0.15, 0.2) is 0 Å². The summed E-state index contributed by atoms with van der Waals surface area (Å²) in [6.07, 6.45) is 0.318. The average molecular weight is 343 g/mol. The van der Waals surface area contributed by atoms with E-state index in [-0.39, 0.29) is 12.4 Å². The van der Waals surface area contributed by atoms with Crippen LogP contribution in [0.4, 0.5) is 10.1 Å². The van der Waals surface area contributed by atoms with Crippen molar-refractivity contribution in [2.75, 3.05) is 5.32 Å². The summed E-state index contributed by atoms with van der Waals surface area (Å²) in [5.41, 5.74) is 2.61. The van der Waals surface area contributed by atoms with E-state index < -0.39 is 17.8 Å². The highest BCUT2D eigenvalue weighted by Crippen LogP contribution is 2.23. The number of hydrogen-bond acceptors (Lipinski definition) is 3. The normalized spacial score (nSPS) is 11.7. The molecule has 0 aliphatic carbocycles. The van der Waals surface area contributed by atoms with Gasteiger partial charge in [0.05, 0.1) is 0 Å². The number of nitrogens with one attached hydrogen (secondary N) is 1. The summed E-state index contributed by atoms with van der Waals surface area (Å²) in [5, 5.41) is 2.73. The van der Waals surface area contributed by atoms with E-state index in [4.69, 9.17) is 4.74 Å². The number of carbonyl (C=O) groups excluding carboxylic acids is 2. The smallest absolute Gasteiger partial charge is 0.318 e. The lowest BCUT2D eigenvalue weighted by Crippen LogP contribution is -2.31. The first-order chi connectivity index (χ1) is 11.9. The van der Waals surface area contributed by atoms with Gasteiger partial charge in [-0.15, -0.1) is 0 Å². The summed E-state index contributed by atoms with van der Waals surface area (Å²) < 4.78 is 18.6. The molecule has 0 fully saturated rings. The Morgan fingerprint density at radius 2 is 1.72 bits per heavy atom. The van der Waals surface area contributed by atoms with Crippen molar-refractivity contribution >= 4 is 17.6 Å². The van der Waals surface area contributed by atoms with Crippen LogP contribution in [-0.2, 0) is 20.9 Å². The van der Waals surface area contributed by atoms with Gasteiger partial charge in [-0.25, -0.2) is 4.39 Å². The van der Waals surface area contributed by atoms with Crippen molar-refractivity contribution in [1.82, 2.24) is 0 Å². The zero-order chi connectivity index (χ0) is 18.4. The number of esters is 1. The molecule has 5 heteroatoms. The number of hydrogen-bond donors (Lipinski definition) is 1. The molecule has 4 nitrogen and oxygen atoms in total. The van der Waals surface area contributed by atoms with Crippen molar-refractivity contribution in [2.24, 2.45) is 5.92 Å². The third-order valence-electron chi connectivity index (χ3n) is 3.98. The first-order valence-electron chi connectivity index (χ1n) is 8.20. The quantitative estimate of drug-likeness (QED) is 0.633. The molecule has 1 amide bonds. The summed E-state index contributed by atoms with van der Waals surface area (Å²) in [5.74, 6) is -2.28. The highest BCUT2D eigenvalue weighted by atomic mass is 19.1. The molecule has 0 radical (unpaired) electrons. The van der Waals surface area contributed by atoms with E-state index in [1.807, 2.05) is 30.3 Å². The van der Waals surface area contributed by atoms with E-state index >= 15 is 0 Å². The van der Waals surface area contributed by atoms with Gasteiger partial charge in [-0.05, 0) is 49.1 Å². The molecule has 132 valence electrons. The minimum Gasteiger partial charge on any atom is -0.460 e. The zero-order valence-corrected chi connectivity index (χ0v) is 14.6. The van der Waals surface area contributed by atoms with Crippen LogP contribution >= 0.6 is 0 Å². The third-order valence-corrected chi connectivity index (χ3v) is 3.98. The first-order valence-corrected chi connectivity index (χ1v) is 8.20. The number of rotatable bonds is 6. The number of amides is 1. The Labute approximate surface area is 147 Å². The van der Waals surface area contributed by atoms with E-state index in [9.17, 15) is 14.0 Å². The maximum Gasteiger partial charge on any atom is 0.318 e. The minimum absolute atomic E-state index is 0.123. The Hall–Kier alpha value is -2.69. The maximum absolute atomic E-state index is 13.4. The van der Waals surface area contributed by atoms with Gasteiger partial charge in [0.1, 0.15) is 18.3 Å². The second-order valence-corrected chi connectivity index (χ2v) is 5.96. The lowest BCUT2D eigenvalue weighted by molar-refractivity contribution is -0.152. The lowest BCUT2D eigenvalue weighted by Gasteiger charge is -2.17. The summed E-state index contributed by atoms with van der Waals surface area (Å²) >= 11 is 0. The molecule has 0 aromatic heterocycles. The van der Waals surface area contributed by atoms with Crippen molar-refractivity contribution in [3.8, 4) is 0 Å². The van der Waals surface area contributed by atoms with E-state index in [2.05, 4.69) is 5.32 Å². The van der Waals surface area contributed by atoms with E-state index in [1.54, 1.807) is 20.8 Å². The molecule has 1 unspecified atom stereocenters. The number of halogens is 1. The van der Waals surface area contributed by atoms with Crippen LogP contribution < -0.4 is 5.32 Å². The molecule has 0 bridgehead atoms. The average Bonchev–Trinajstić information content (AvgIpc) is 2.58. The molecule has 2 aromatic rings. The van der Waals surface area contributed by atoms with Crippen molar-refractivity contribution < 1.29 is 18.7 Å². The van der Waals surface area contributed by atoms with E-state index in [0.29, 0.717) is 23.2 Å². The maximum atomic E-state index is 13.4. The third kappa shape index (κ3) is 4.89. The molecule has 0 heterocycles. The Morgan fingerprint density at radius 1 is 1.12 bits per heavy atom. The van der Waals surface area contributed by atoms with Crippen LogP contribution in [0, 0.1) is 25.6 Å². The lowest BCUT2D eigenvalue weighted by atomic mass is 10.0. The Bertz CT molecular complexity index is 736. The second kappa shape index (κ2) is 8.42. The fraction of sp³-hybridized carbons (Fsp3) is 0.300. The SMILES string of the molecule is CCC(C(=O)Nc1c(C)cc(F)cc1C)C(=O)OCc1ccccc1. The summed E-state index contributed by atoms with van der Waals surface area (Å²) in [6.45, 7) is 5.29. The van der Waals surface area contributed by atoms with Gasteiger partial charge in [-0.1, -0.05) is 37.3 Å². The molecule has 0 saturated carbocycles.